The number of hydrogen-bond acceptors (Lipinski definition) is 4. The highest BCUT2D eigenvalue weighted by Gasteiger charge is 2.27. The number of carbonyl (C=O) groups excluding carboxylic acids is 1. The largest absolute Gasteiger partial charge is 0.486 e. The Morgan fingerprint density at radius 1 is 1.42 bits per heavy atom. The molecule has 0 saturated heterocycles. The van der Waals surface area contributed by atoms with Gasteiger partial charge in [-0.15, -0.1) is 0 Å². The van der Waals surface area contributed by atoms with Gasteiger partial charge >= 0.3 is 5.97 Å². The van der Waals surface area contributed by atoms with Crippen molar-refractivity contribution in [3.05, 3.63) is 23.8 Å². The van der Waals surface area contributed by atoms with Crippen molar-refractivity contribution in [1.82, 2.24) is 4.90 Å². The Hall–Kier alpha value is -2.24. The van der Waals surface area contributed by atoms with Gasteiger partial charge in [0.2, 0.25) is 6.41 Å². The first-order chi connectivity index (χ1) is 9.17. The lowest BCUT2D eigenvalue weighted by molar-refractivity contribution is -0.146. The Morgan fingerprint density at radius 2 is 2.11 bits per heavy atom. The first kappa shape index (κ1) is 13.2. The summed E-state index contributed by atoms with van der Waals surface area (Å²) in [4.78, 5) is 23.5. The zero-order chi connectivity index (χ0) is 13.8. The molecule has 0 radical (unpaired) electrons. The van der Waals surface area contributed by atoms with Gasteiger partial charge < -0.3 is 19.5 Å². The molecular weight excluding hydrogens is 250 g/mol. The minimum atomic E-state index is -1.08. The highest BCUT2D eigenvalue weighted by Crippen LogP contribution is 2.33. The molecule has 19 heavy (non-hydrogen) atoms. The molecule has 6 heteroatoms. The van der Waals surface area contributed by atoms with Crippen molar-refractivity contribution in [3.63, 3.8) is 0 Å². The number of likely N-dealkylation sites (N-methyl/N-ethyl adjacent to an activating group) is 1. The Balaban J connectivity index is 2.36. The van der Waals surface area contributed by atoms with E-state index in [1.807, 2.05) is 0 Å². The van der Waals surface area contributed by atoms with Crippen molar-refractivity contribution in [2.45, 2.75) is 13.0 Å². The Kier molecular flexibility index (Phi) is 3.89. The van der Waals surface area contributed by atoms with Crippen LogP contribution in [0.5, 0.6) is 11.5 Å². The van der Waals surface area contributed by atoms with Crippen molar-refractivity contribution in [1.29, 1.82) is 0 Å². The van der Waals surface area contributed by atoms with E-state index in [1.165, 1.54) is 4.90 Å². The fourth-order valence-corrected chi connectivity index (χ4v) is 2.02. The second kappa shape index (κ2) is 5.60. The quantitative estimate of drug-likeness (QED) is 0.806. The van der Waals surface area contributed by atoms with Crippen LogP contribution in [-0.2, 0) is 9.59 Å². The van der Waals surface area contributed by atoms with Crippen LogP contribution < -0.4 is 9.47 Å². The monoisotopic (exact) mass is 265 g/mol. The van der Waals surface area contributed by atoms with Gasteiger partial charge in [0.25, 0.3) is 0 Å². The summed E-state index contributed by atoms with van der Waals surface area (Å²) in [6.07, 6.45) is 0.537. The number of hydrogen-bond donors (Lipinski definition) is 1. The maximum Gasteiger partial charge on any atom is 0.331 e. The molecule has 1 amide bonds. The van der Waals surface area contributed by atoms with E-state index >= 15 is 0 Å². The SMILES string of the molecule is CCN(C=O)C(C(=O)O)c1ccc2c(c1)OCCO2. The summed E-state index contributed by atoms with van der Waals surface area (Å²) in [5.74, 6) is 0.0240. The van der Waals surface area contributed by atoms with Crippen molar-refractivity contribution in [2.24, 2.45) is 0 Å². The molecule has 1 aromatic carbocycles. The third-order valence-electron chi connectivity index (χ3n) is 2.95. The maximum absolute atomic E-state index is 11.4. The van der Waals surface area contributed by atoms with Gasteiger partial charge in [-0.05, 0) is 24.6 Å². The predicted octanol–water partition coefficient (Wildman–Crippen LogP) is 1.06. The van der Waals surface area contributed by atoms with Crippen LogP contribution in [0.15, 0.2) is 18.2 Å². The number of rotatable bonds is 5. The molecule has 1 aliphatic heterocycles. The van der Waals surface area contributed by atoms with Gasteiger partial charge in [0.05, 0.1) is 0 Å². The van der Waals surface area contributed by atoms with E-state index in [0.717, 1.165) is 0 Å². The molecule has 1 unspecified atom stereocenters. The summed E-state index contributed by atoms with van der Waals surface area (Å²) in [6.45, 7) is 2.95. The molecule has 0 aromatic heterocycles. The van der Waals surface area contributed by atoms with E-state index in [4.69, 9.17) is 9.47 Å². The van der Waals surface area contributed by atoms with Crippen molar-refractivity contribution in [3.8, 4) is 11.5 Å². The third-order valence-corrected chi connectivity index (χ3v) is 2.95. The van der Waals surface area contributed by atoms with Gasteiger partial charge in [-0.3, -0.25) is 4.79 Å². The van der Waals surface area contributed by atoms with Crippen molar-refractivity contribution >= 4 is 12.4 Å². The van der Waals surface area contributed by atoms with Crippen molar-refractivity contribution < 1.29 is 24.2 Å². The summed E-state index contributed by atoms with van der Waals surface area (Å²) in [5, 5.41) is 9.29. The molecule has 1 heterocycles. The molecule has 6 nitrogen and oxygen atoms in total. The second-order valence-corrected chi connectivity index (χ2v) is 4.08. The molecule has 0 bridgehead atoms. The first-order valence-corrected chi connectivity index (χ1v) is 6.00. The van der Waals surface area contributed by atoms with E-state index in [-0.39, 0.29) is 0 Å². The number of fused-ring (bicyclic) bond motifs is 1. The molecule has 1 atom stereocenters. The van der Waals surface area contributed by atoms with Gasteiger partial charge in [-0.25, -0.2) is 4.79 Å². The van der Waals surface area contributed by atoms with Crippen LogP contribution in [0.1, 0.15) is 18.5 Å². The van der Waals surface area contributed by atoms with E-state index in [0.29, 0.717) is 43.2 Å². The Labute approximate surface area is 110 Å². The van der Waals surface area contributed by atoms with Crippen LogP contribution >= 0.6 is 0 Å². The number of ether oxygens (including phenoxy) is 2. The van der Waals surface area contributed by atoms with Crippen LogP contribution in [-0.4, -0.2) is 42.1 Å². The van der Waals surface area contributed by atoms with E-state index < -0.39 is 12.0 Å². The fraction of sp³-hybridized carbons (Fsp3) is 0.385. The predicted molar refractivity (Wildman–Crippen MR) is 66.3 cm³/mol. The molecule has 1 aliphatic rings. The molecule has 2 rings (SSSR count). The van der Waals surface area contributed by atoms with Gasteiger partial charge in [-0.2, -0.15) is 0 Å². The first-order valence-electron chi connectivity index (χ1n) is 6.00. The number of aliphatic carboxylic acids is 1. The average molecular weight is 265 g/mol. The Bertz CT molecular complexity index is 488. The molecule has 102 valence electrons. The number of carboxylic acids is 1. The Morgan fingerprint density at radius 3 is 2.68 bits per heavy atom. The highest BCUT2D eigenvalue weighted by molar-refractivity contribution is 5.78. The van der Waals surface area contributed by atoms with E-state index in [2.05, 4.69) is 0 Å². The van der Waals surface area contributed by atoms with Crippen LogP contribution in [0.2, 0.25) is 0 Å². The minimum Gasteiger partial charge on any atom is -0.486 e. The molecule has 1 N–H and O–H groups in total. The topological polar surface area (TPSA) is 76.1 Å². The highest BCUT2D eigenvalue weighted by atomic mass is 16.6. The molecule has 0 aliphatic carbocycles. The smallest absolute Gasteiger partial charge is 0.331 e. The average Bonchev–Trinajstić information content (AvgIpc) is 2.43. The molecular formula is C13H15NO5. The van der Waals surface area contributed by atoms with Crippen LogP contribution in [0.4, 0.5) is 0 Å². The zero-order valence-corrected chi connectivity index (χ0v) is 10.5. The normalized spacial score (nSPS) is 14.6. The standard InChI is InChI=1S/C13H15NO5/c1-2-14(8-15)12(13(16)17)9-3-4-10-11(7-9)19-6-5-18-10/h3-4,7-8,12H,2,5-6H2,1H3,(H,16,17). The molecule has 0 saturated carbocycles. The summed E-state index contributed by atoms with van der Waals surface area (Å²) < 4.78 is 10.8. The van der Waals surface area contributed by atoms with Crippen LogP contribution in [0.25, 0.3) is 0 Å². The van der Waals surface area contributed by atoms with Crippen LogP contribution in [0, 0.1) is 0 Å². The second-order valence-electron chi connectivity index (χ2n) is 4.08. The molecule has 0 spiro atoms. The molecule has 0 fully saturated rings. The number of nitrogens with zero attached hydrogens (tertiary/aromatic N) is 1. The summed E-state index contributed by atoms with van der Waals surface area (Å²) in [5.41, 5.74) is 0.491. The number of benzene rings is 1. The van der Waals surface area contributed by atoms with Crippen molar-refractivity contribution in [2.75, 3.05) is 19.8 Å². The lowest BCUT2D eigenvalue weighted by atomic mass is 10.0. The van der Waals surface area contributed by atoms with Crippen LogP contribution in [0.3, 0.4) is 0 Å². The lowest BCUT2D eigenvalue weighted by Gasteiger charge is -2.25. The van der Waals surface area contributed by atoms with E-state index in [1.54, 1.807) is 25.1 Å². The van der Waals surface area contributed by atoms with Gasteiger partial charge in [0.15, 0.2) is 17.5 Å². The lowest BCUT2D eigenvalue weighted by Crippen LogP contribution is -2.33. The number of carboxylic acid groups (broad SMARTS) is 1. The fourth-order valence-electron chi connectivity index (χ4n) is 2.02. The van der Waals surface area contributed by atoms with E-state index in [9.17, 15) is 14.7 Å². The number of carbonyl (C=O) groups is 2. The van der Waals surface area contributed by atoms with Gasteiger partial charge in [0.1, 0.15) is 13.2 Å². The minimum absolute atomic E-state index is 0.314. The maximum atomic E-state index is 11.4. The third kappa shape index (κ3) is 2.62. The summed E-state index contributed by atoms with van der Waals surface area (Å²) in [7, 11) is 0. The number of amides is 1. The summed E-state index contributed by atoms with van der Waals surface area (Å²) >= 11 is 0. The molecule has 1 aromatic rings. The van der Waals surface area contributed by atoms with Gasteiger partial charge in [-0.1, -0.05) is 6.07 Å². The zero-order valence-electron chi connectivity index (χ0n) is 10.5. The van der Waals surface area contributed by atoms with Gasteiger partial charge in [0, 0.05) is 6.54 Å². The summed E-state index contributed by atoms with van der Waals surface area (Å²) in [6, 6.07) is 3.90.